The first kappa shape index (κ1) is 13.8. The number of fused-ring (bicyclic) bond motifs is 1. The Morgan fingerprint density at radius 1 is 1.14 bits per heavy atom. The van der Waals surface area contributed by atoms with E-state index in [-0.39, 0.29) is 0 Å². The van der Waals surface area contributed by atoms with Crippen molar-refractivity contribution in [1.82, 2.24) is 4.98 Å². The van der Waals surface area contributed by atoms with Crippen LogP contribution in [0.5, 0.6) is 0 Å². The molecule has 1 atom stereocenters. The number of aromatic nitrogens is 1. The number of pyridine rings is 1. The molecule has 0 bridgehead atoms. The lowest BCUT2D eigenvalue weighted by Crippen LogP contribution is -2.02. The van der Waals surface area contributed by atoms with E-state index in [1.807, 2.05) is 55.5 Å². The van der Waals surface area contributed by atoms with Gasteiger partial charge in [-0.25, -0.2) is 0 Å². The average molecular weight is 296 g/mol. The maximum Gasteiger partial charge on any atom is 0.0705 e. The summed E-state index contributed by atoms with van der Waals surface area (Å²) in [6.07, 6.45) is 1.76. The monoisotopic (exact) mass is 296 g/mol. The van der Waals surface area contributed by atoms with Crippen LogP contribution in [0, 0.1) is 6.92 Å². The van der Waals surface area contributed by atoms with E-state index in [9.17, 15) is 4.21 Å². The Kier molecular flexibility index (Phi) is 3.71. The number of hydrogen-bond donors (Lipinski definition) is 1. The highest BCUT2D eigenvalue weighted by Gasteiger charge is 2.11. The zero-order valence-corrected chi connectivity index (χ0v) is 12.6. The molecule has 0 aliphatic heterocycles. The molecule has 106 valence electrons. The summed E-state index contributed by atoms with van der Waals surface area (Å²) in [5, 5.41) is 1.04. The van der Waals surface area contributed by atoms with Gasteiger partial charge in [-0.15, -0.1) is 0 Å². The minimum Gasteiger partial charge on any atom is -0.398 e. The molecule has 1 heterocycles. The van der Waals surface area contributed by atoms with Crippen molar-refractivity contribution in [3.05, 3.63) is 65.9 Å². The second kappa shape index (κ2) is 5.66. The highest BCUT2D eigenvalue weighted by molar-refractivity contribution is 7.84. The molecule has 0 saturated carbocycles. The van der Waals surface area contributed by atoms with Crippen molar-refractivity contribution in [1.29, 1.82) is 0 Å². The van der Waals surface area contributed by atoms with Crippen LogP contribution in [0.3, 0.4) is 0 Å². The number of nitrogen functional groups attached to an aromatic ring is 1. The fourth-order valence-corrected chi connectivity index (χ4v) is 3.61. The van der Waals surface area contributed by atoms with Crippen LogP contribution in [-0.2, 0) is 16.6 Å². The molecule has 0 fully saturated rings. The van der Waals surface area contributed by atoms with Crippen molar-refractivity contribution in [3.8, 4) is 0 Å². The molecule has 0 aliphatic rings. The molecular weight excluding hydrogens is 280 g/mol. The van der Waals surface area contributed by atoms with Gasteiger partial charge in [-0.2, -0.15) is 0 Å². The van der Waals surface area contributed by atoms with Crippen LogP contribution in [0.1, 0.15) is 11.1 Å². The zero-order valence-electron chi connectivity index (χ0n) is 11.7. The summed E-state index contributed by atoms with van der Waals surface area (Å²) < 4.78 is 12.6. The summed E-state index contributed by atoms with van der Waals surface area (Å²) in [4.78, 5) is 5.02. The molecule has 21 heavy (non-hydrogen) atoms. The highest BCUT2D eigenvalue weighted by Crippen LogP contribution is 2.23. The van der Waals surface area contributed by atoms with E-state index < -0.39 is 10.8 Å². The molecule has 0 amide bonds. The lowest BCUT2D eigenvalue weighted by atomic mass is 10.1. The van der Waals surface area contributed by atoms with Crippen LogP contribution < -0.4 is 5.73 Å². The molecule has 3 nitrogen and oxygen atoms in total. The van der Waals surface area contributed by atoms with Crippen LogP contribution >= 0.6 is 0 Å². The molecule has 2 N–H and O–H groups in total. The Morgan fingerprint density at radius 3 is 2.76 bits per heavy atom. The van der Waals surface area contributed by atoms with Gasteiger partial charge in [0.2, 0.25) is 0 Å². The van der Waals surface area contributed by atoms with E-state index in [0.29, 0.717) is 16.3 Å². The predicted octanol–water partition coefficient (Wildman–Crippen LogP) is 3.43. The van der Waals surface area contributed by atoms with Gasteiger partial charge in [0.05, 0.1) is 27.0 Å². The van der Waals surface area contributed by atoms with Crippen LogP contribution in [0.4, 0.5) is 5.69 Å². The van der Waals surface area contributed by atoms with Crippen molar-refractivity contribution in [2.24, 2.45) is 0 Å². The number of aryl methyl sites for hydroxylation is 1. The maximum absolute atomic E-state index is 12.6. The lowest BCUT2D eigenvalue weighted by molar-refractivity contribution is 0.683. The van der Waals surface area contributed by atoms with Crippen LogP contribution in [0.2, 0.25) is 0 Å². The standard InChI is InChI=1S/C17H16N2OS/c1-12-6-7-17(15(18)10-12)21(20)11-13-8-9-19-16-5-3-2-4-14(13)16/h2-10H,11,18H2,1H3. The van der Waals surface area contributed by atoms with E-state index in [1.54, 1.807) is 6.20 Å². The number of rotatable bonds is 3. The largest absolute Gasteiger partial charge is 0.398 e. The summed E-state index contributed by atoms with van der Waals surface area (Å²) in [5.41, 5.74) is 9.59. The molecule has 3 rings (SSSR count). The second-order valence-corrected chi connectivity index (χ2v) is 6.44. The van der Waals surface area contributed by atoms with Crippen LogP contribution in [-0.4, -0.2) is 9.19 Å². The van der Waals surface area contributed by atoms with Gasteiger partial charge in [0.25, 0.3) is 0 Å². The molecule has 0 aliphatic carbocycles. The predicted molar refractivity (Wildman–Crippen MR) is 87.4 cm³/mol. The van der Waals surface area contributed by atoms with E-state index >= 15 is 0 Å². The quantitative estimate of drug-likeness (QED) is 0.753. The third-order valence-electron chi connectivity index (χ3n) is 3.44. The highest BCUT2D eigenvalue weighted by atomic mass is 32.2. The van der Waals surface area contributed by atoms with Gasteiger partial charge < -0.3 is 5.73 Å². The third-order valence-corrected chi connectivity index (χ3v) is 4.87. The number of anilines is 1. The Morgan fingerprint density at radius 2 is 1.95 bits per heavy atom. The third kappa shape index (κ3) is 2.81. The molecular formula is C17H16N2OS. The van der Waals surface area contributed by atoms with Gasteiger partial charge in [-0.1, -0.05) is 24.3 Å². The molecule has 4 heteroatoms. The van der Waals surface area contributed by atoms with Crippen molar-refractivity contribution in [2.75, 3.05) is 5.73 Å². The first-order valence-electron chi connectivity index (χ1n) is 6.72. The molecule has 1 aromatic heterocycles. The first-order valence-corrected chi connectivity index (χ1v) is 8.04. The fourth-order valence-electron chi connectivity index (χ4n) is 2.38. The minimum atomic E-state index is -1.16. The zero-order chi connectivity index (χ0) is 14.8. The molecule has 0 spiro atoms. The summed E-state index contributed by atoms with van der Waals surface area (Å²) in [6.45, 7) is 1.97. The van der Waals surface area contributed by atoms with Gasteiger partial charge in [0.15, 0.2) is 0 Å². The molecule has 3 aromatic rings. The van der Waals surface area contributed by atoms with Gasteiger partial charge in [0.1, 0.15) is 0 Å². The molecule has 2 aromatic carbocycles. The number of para-hydroxylation sites is 1. The number of hydrogen-bond acceptors (Lipinski definition) is 3. The molecule has 0 radical (unpaired) electrons. The number of nitrogens with zero attached hydrogens (tertiary/aromatic N) is 1. The van der Waals surface area contributed by atoms with E-state index in [4.69, 9.17) is 5.73 Å². The lowest BCUT2D eigenvalue weighted by Gasteiger charge is -2.09. The Balaban J connectivity index is 1.97. The Bertz CT molecular complexity index is 825. The topological polar surface area (TPSA) is 56.0 Å². The first-order chi connectivity index (χ1) is 10.1. The minimum absolute atomic E-state index is 0.441. The van der Waals surface area contributed by atoms with Gasteiger partial charge in [-0.3, -0.25) is 9.19 Å². The summed E-state index contributed by atoms with van der Waals surface area (Å²) in [7, 11) is -1.16. The summed E-state index contributed by atoms with van der Waals surface area (Å²) in [6, 6.07) is 15.5. The van der Waals surface area contributed by atoms with Gasteiger partial charge in [-0.05, 0) is 42.3 Å². The summed E-state index contributed by atoms with van der Waals surface area (Å²) in [5.74, 6) is 0.441. The maximum atomic E-state index is 12.6. The van der Waals surface area contributed by atoms with E-state index in [0.717, 1.165) is 22.0 Å². The molecule has 1 unspecified atom stereocenters. The SMILES string of the molecule is Cc1ccc(S(=O)Cc2ccnc3ccccc23)c(N)c1. The van der Waals surface area contributed by atoms with Crippen LogP contribution in [0.15, 0.2) is 59.6 Å². The molecule has 0 saturated heterocycles. The van der Waals surface area contributed by atoms with Crippen molar-refractivity contribution in [2.45, 2.75) is 17.6 Å². The Hall–Kier alpha value is -2.20. The van der Waals surface area contributed by atoms with Gasteiger partial charge in [0, 0.05) is 17.3 Å². The van der Waals surface area contributed by atoms with Crippen molar-refractivity contribution >= 4 is 27.4 Å². The van der Waals surface area contributed by atoms with E-state index in [2.05, 4.69) is 4.98 Å². The number of benzene rings is 2. The summed E-state index contributed by atoms with van der Waals surface area (Å²) >= 11 is 0. The van der Waals surface area contributed by atoms with E-state index in [1.165, 1.54) is 0 Å². The van der Waals surface area contributed by atoms with Crippen molar-refractivity contribution in [3.63, 3.8) is 0 Å². The Labute approximate surface area is 126 Å². The van der Waals surface area contributed by atoms with Crippen molar-refractivity contribution < 1.29 is 4.21 Å². The van der Waals surface area contributed by atoms with Gasteiger partial charge >= 0.3 is 0 Å². The van der Waals surface area contributed by atoms with Crippen LogP contribution in [0.25, 0.3) is 10.9 Å². The normalized spacial score (nSPS) is 12.4. The average Bonchev–Trinajstić information content (AvgIpc) is 2.47. The number of nitrogens with two attached hydrogens (primary N) is 1. The smallest absolute Gasteiger partial charge is 0.0705 e. The second-order valence-electron chi connectivity index (χ2n) is 5.02. The fraction of sp³-hybridized carbons (Fsp3) is 0.118.